The first-order valence-corrected chi connectivity index (χ1v) is 13.9. The molecule has 0 fully saturated rings. The predicted octanol–water partition coefficient (Wildman–Crippen LogP) is 6.09. The fraction of sp³-hybridized carbons (Fsp3) is 0.233. The number of aromatic nitrogens is 1. The molecule has 0 bridgehead atoms. The van der Waals surface area contributed by atoms with Crippen LogP contribution >= 0.6 is 11.8 Å². The van der Waals surface area contributed by atoms with Gasteiger partial charge in [-0.15, -0.1) is 11.8 Å². The summed E-state index contributed by atoms with van der Waals surface area (Å²) in [4.78, 5) is 7.33. The number of nitrogens with two attached hydrogens (primary N) is 1. The molecule has 0 saturated heterocycles. The monoisotopic (exact) mass is 769 g/mol. The number of rotatable bonds is 8. The van der Waals surface area contributed by atoms with E-state index in [1.165, 1.54) is 36.3 Å². The maximum absolute atomic E-state index is 14.9. The number of para-hydroxylation sites is 1. The molecule has 5 rings (SSSR count). The van der Waals surface area contributed by atoms with E-state index < -0.39 is 22.9 Å². The van der Waals surface area contributed by atoms with Crippen molar-refractivity contribution in [2.45, 2.75) is 30.1 Å². The van der Waals surface area contributed by atoms with Gasteiger partial charge in [0.25, 0.3) is 0 Å². The number of allylic oxidation sites excluding steroid dienone is 2. The molecule has 12 heteroatoms. The number of aromatic amines is 1. The first-order valence-electron chi connectivity index (χ1n) is 12.6. The minimum atomic E-state index is -1.14. The number of benzene rings is 3. The Morgan fingerprint density at radius 3 is 2.74 bits per heavy atom. The summed E-state index contributed by atoms with van der Waals surface area (Å²) in [6.07, 6.45) is 7.36. The molecule has 1 aliphatic heterocycles. The van der Waals surface area contributed by atoms with E-state index in [0.717, 1.165) is 22.9 Å². The van der Waals surface area contributed by atoms with Crippen LogP contribution in [0, 0.1) is 17.5 Å². The molecular formula is C30H30F3N3O4SW. The summed E-state index contributed by atoms with van der Waals surface area (Å²) >= 11 is 1.21. The Balaban J connectivity index is 0.00000242. The fourth-order valence-electron chi connectivity index (χ4n) is 4.92. The average molecular weight is 769 g/mol. The van der Waals surface area contributed by atoms with E-state index in [2.05, 4.69) is 9.98 Å². The number of aliphatic imine (C=N–C) groups is 1. The Bertz CT molecular complexity index is 1650. The number of nitrogens with zero attached hydrogens (tertiary/aromatic N) is 1. The van der Waals surface area contributed by atoms with Crippen molar-refractivity contribution in [2.24, 2.45) is 10.7 Å². The summed E-state index contributed by atoms with van der Waals surface area (Å²) in [5.41, 5.74) is 8.28. The second-order valence-corrected chi connectivity index (χ2v) is 10.4. The third kappa shape index (κ3) is 6.10. The molecule has 1 aliphatic rings. The van der Waals surface area contributed by atoms with Crippen LogP contribution in [0.15, 0.2) is 70.3 Å². The Morgan fingerprint density at radius 1 is 1.21 bits per heavy atom. The number of fused-ring (bicyclic) bond motifs is 2. The SMILES string of the molecule is CSc1c(Oc2ccc(F)c(N=C/C=C(\N)[C@@]3(C)CCOc4c(CCO)cccc43)c2)c(F)c(F)c2[nH]ccc12.O.[W]. The number of hydrogen-bond donors (Lipinski definition) is 3. The predicted molar refractivity (Wildman–Crippen MR) is 155 cm³/mol. The molecule has 0 unspecified atom stereocenters. The number of aliphatic hydroxyl groups is 1. The molecule has 4 aromatic rings. The normalized spacial score (nSPS) is 16.5. The molecule has 0 amide bonds. The molecule has 0 radical (unpaired) electrons. The van der Waals surface area contributed by atoms with Crippen LogP contribution in [0.2, 0.25) is 0 Å². The van der Waals surface area contributed by atoms with E-state index in [1.807, 2.05) is 25.1 Å². The van der Waals surface area contributed by atoms with Gasteiger partial charge in [-0.1, -0.05) is 18.2 Å². The molecule has 1 atom stereocenters. The molecule has 0 spiro atoms. The van der Waals surface area contributed by atoms with E-state index >= 15 is 0 Å². The van der Waals surface area contributed by atoms with Crippen LogP contribution in [0.1, 0.15) is 24.5 Å². The summed E-state index contributed by atoms with van der Waals surface area (Å²) in [5, 5.41) is 9.89. The van der Waals surface area contributed by atoms with Crippen molar-refractivity contribution >= 4 is 34.6 Å². The maximum Gasteiger partial charge on any atom is 0.204 e. The third-order valence-corrected chi connectivity index (χ3v) is 7.99. The zero-order chi connectivity index (χ0) is 28.4. The van der Waals surface area contributed by atoms with Gasteiger partial charge >= 0.3 is 0 Å². The minimum absolute atomic E-state index is 0. The molecule has 0 saturated carbocycles. The standard InChI is InChI=1S/C30H28F3N3O3S.H2O.W/c1-30(11-15-38-27-17(10-14-37)4-3-5-20(27)30)23(34)9-13-35-22-16-18(6-7-21(22)31)39-28-25(33)24(32)26-19(8-12-36-26)29(28)40-2;;/h3-9,12-13,16,36-37H,10-11,14-15,34H2,1-2H3;1H2;/b23-9-,35-13?;;/t30-;;/m0../s1. The first kappa shape index (κ1) is 33.3. The van der Waals surface area contributed by atoms with Crippen LogP contribution < -0.4 is 15.2 Å². The Labute approximate surface area is 259 Å². The van der Waals surface area contributed by atoms with Gasteiger partial charge in [-0.2, -0.15) is 4.39 Å². The van der Waals surface area contributed by atoms with Gasteiger partial charge in [-0.05, 0) is 55.9 Å². The molecule has 6 N–H and O–H groups in total. The minimum Gasteiger partial charge on any atom is -0.493 e. The van der Waals surface area contributed by atoms with E-state index in [0.29, 0.717) is 35.4 Å². The van der Waals surface area contributed by atoms with Gasteiger partial charge in [0.1, 0.15) is 23.0 Å². The summed E-state index contributed by atoms with van der Waals surface area (Å²) in [6.45, 7) is 2.46. The zero-order valence-corrected chi connectivity index (χ0v) is 26.6. The molecule has 7 nitrogen and oxygen atoms in total. The first-order chi connectivity index (χ1) is 19.3. The van der Waals surface area contributed by atoms with Crippen molar-refractivity contribution in [3.8, 4) is 17.2 Å². The van der Waals surface area contributed by atoms with Gasteiger partial charge in [0, 0.05) is 68.2 Å². The Kier molecular flexibility index (Phi) is 10.9. The second-order valence-electron chi connectivity index (χ2n) is 9.57. The van der Waals surface area contributed by atoms with Crippen molar-refractivity contribution < 1.29 is 54.3 Å². The molecule has 2 heterocycles. The summed E-state index contributed by atoms with van der Waals surface area (Å²) < 4.78 is 55.8. The fourth-order valence-corrected chi connectivity index (χ4v) is 5.63. The Hall–Kier alpha value is -3.24. The molecule has 1 aromatic heterocycles. The maximum atomic E-state index is 14.9. The number of hydrogen-bond acceptors (Lipinski definition) is 6. The van der Waals surface area contributed by atoms with Crippen LogP contribution in [-0.2, 0) is 32.9 Å². The van der Waals surface area contributed by atoms with E-state index in [9.17, 15) is 18.3 Å². The summed E-state index contributed by atoms with van der Waals surface area (Å²) in [6, 6.07) is 11.2. The van der Waals surface area contributed by atoms with E-state index in [-0.39, 0.29) is 55.9 Å². The number of ether oxygens (including phenoxy) is 2. The van der Waals surface area contributed by atoms with Crippen LogP contribution in [0.4, 0.5) is 18.9 Å². The van der Waals surface area contributed by atoms with Gasteiger partial charge in [0.05, 0.1) is 17.0 Å². The van der Waals surface area contributed by atoms with Gasteiger partial charge in [-0.3, -0.25) is 4.99 Å². The van der Waals surface area contributed by atoms with Crippen LogP contribution in [0.5, 0.6) is 17.2 Å². The zero-order valence-electron chi connectivity index (χ0n) is 22.8. The van der Waals surface area contributed by atoms with Gasteiger partial charge in [0.2, 0.25) is 5.82 Å². The van der Waals surface area contributed by atoms with E-state index in [1.54, 1.807) is 18.4 Å². The molecule has 3 aromatic carbocycles. The molecule has 42 heavy (non-hydrogen) atoms. The summed E-state index contributed by atoms with van der Waals surface area (Å²) in [7, 11) is 0. The van der Waals surface area contributed by atoms with E-state index in [4.69, 9.17) is 15.2 Å². The number of aliphatic hydroxyl groups excluding tert-OH is 1. The number of thioether (sulfide) groups is 1. The van der Waals surface area contributed by atoms with Crippen molar-refractivity contribution in [3.05, 3.63) is 89.0 Å². The third-order valence-electron chi connectivity index (χ3n) is 7.18. The second kappa shape index (κ2) is 13.8. The van der Waals surface area contributed by atoms with Gasteiger partial charge in [0.15, 0.2) is 11.6 Å². The smallest absolute Gasteiger partial charge is 0.204 e. The Morgan fingerprint density at radius 2 is 2.00 bits per heavy atom. The molecule has 222 valence electrons. The van der Waals surface area contributed by atoms with Gasteiger partial charge in [-0.25, -0.2) is 8.78 Å². The largest absolute Gasteiger partial charge is 0.493 e. The topological polar surface area (TPSA) is 124 Å². The van der Waals surface area contributed by atoms with Crippen LogP contribution in [0.3, 0.4) is 0 Å². The van der Waals surface area contributed by atoms with Crippen molar-refractivity contribution in [3.63, 3.8) is 0 Å². The summed E-state index contributed by atoms with van der Waals surface area (Å²) in [5.74, 6) is -2.28. The quantitative estimate of drug-likeness (QED) is 0.148. The molecule has 0 aliphatic carbocycles. The van der Waals surface area contributed by atoms with Crippen LogP contribution in [0.25, 0.3) is 10.9 Å². The number of halogens is 3. The number of H-pyrrole nitrogens is 1. The number of nitrogens with one attached hydrogen (secondary N) is 1. The van der Waals surface area contributed by atoms with Crippen LogP contribution in [-0.4, -0.2) is 41.3 Å². The van der Waals surface area contributed by atoms with Gasteiger partial charge < -0.3 is 30.8 Å². The van der Waals surface area contributed by atoms with Crippen molar-refractivity contribution in [2.75, 3.05) is 19.5 Å². The van der Waals surface area contributed by atoms with Crippen molar-refractivity contribution in [1.82, 2.24) is 4.98 Å². The molecular weight excluding hydrogens is 739 g/mol. The average Bonchev–Trinajstić information content (AvgIpc) is 3.44. The van der Waals surface area contributed by atoms with Crippen molar-refractivity contribution in [1.29, 1.82) is 0 Å².